The number of nitrogens with zero attached hydrogens (tertiary/aromatic N) is 9. The second-order valence-corrected chi connectivity index (χ2v) is 47.9. The monoisotopic (exact) mass is 2410 g/mol. The number of aliphatic hydroxyl groups is 1. The van der Waals surface area contributed by atoms with Crippen molar-refractivity contribution in [2.24, 2.45) is 50.2 Å². The first kappa shape index (κ1) is 121. The lowest BCUT2D eigenvalue weighted by atomic mass is 9.85. The molecule has 0 bridgehead atoms. The van der Waals surface area contributed by atoms with Crippen LogP contribution in [0.3, 0.4) is 0 Å². The van der Waals surface area contributed by atoms with Gasteiger partial charge >= 0.3 is 36.2 Å². The fraction of sp³-hybridized carbons (Fsp3) is 0.553. The lowest BCUT2D eigenvalue weighted by Gasteiger charge is -2.36. The summed E-state index contributed by atoms with van der Waals surface area (Å²) in [5.41, 5.74) is -5.85. The summed E-state index contributed by atoms with van der Waals surface area (Å²) in [4.78, 5) is 213. The van der Waals surface area contributed by atoms with Gasteiger partial charge in [-0.15, -0.1) is 19.7 Å². The SMILES string of the molecule is C=C[C@@H]1C[C@]1(CC(=O)[C@@H]1C[C@@H](n2nc(-c3ccccc3)c(Br)cc2=O)CN1C(=O)[C@@H](NC(=O)OC(C)(C)C)C(C)(C)C)C(=O)OCC.C=C[C@@H]1C[C@]1(CC(=O)[C@@H]1C[C@@H](n2ncc(Br)c(Br)c2=O)CN1C(=O)[C@@H](NC(=O)OC(C)(C)C)C(C)(C)C)C(=O)OCC.C=C[C@@H]1C[C@]1(CC(=O)[C@@H]1C[C@H](O)CN1C(=O)[C@@H](NC(=O)OC(C)(C)C)C(C)(C)C)C(=O)OCC.O=c1[nH]ncc(Br)c1Br.O=c1cc(Br)c(-c2ccccc2)n[nH]1. The third-order valence-electron chi connectivity index (χ3n) is 25.0. The van der Waals surface area contributed by atoms with E-state index in [4.69, 9.17) is 28.4 Å². The Kier molecular flexibility index (Phi) is 41.3. The number of H-pyrrole nitrogens is 2. The summed E-state index contributed by atoms with van der Waals surface area (Å²) in [6, 6.07) is 14.6. The first-order valence-electron chi connectivity index (χ1n) is 47.8. The minimum absolute atomic E-state index is 0.00388. The molecular formula is C103H134Br6N14O23. The van der Waals surface area contributed by atoms with E-state index < -0.39 is 169 Å². The largest absolute Gasteiger partial charge is 0.466 e. The van der Waals surface area contributed by atoms with Crippen molar-refractivity contribution in [2.45, 2.75) is 274 Å². The second-order valence-electron chi connectivity index (χ2n) is 42.9. The summed E-state index contributed by atoms with van der Waals surface area (Å²) < 4.78 is 37.7. The zero-order chi connectivity index (χ0) is 110. The van der Waals surface area contributed by atoms with E-state index >= 15 is 0 Å². The molecule has 43 heteroatoms. The Labute approximate surface area is 899 Å². The Bertz CT molecular complexity index is 6080. The van der Waals surface area contributed by atoms with Crippen molar-refractivity contribution < 1.29 is 91.1 Å². The predicted molar refractivity (Wildman–Crippen MR) is 567 cm³/mol. The number of aromatic amines is 2. The molecule has 3 aliphatic heterocycles. The van der Waals surface area contributed by atoms with Crippen LogP contribution in [0, 0.1) is 50.2 Å². The van der Waals surface area contributed by atoms with E-state index in [0.717, 1.165) is 16.8 Å². The average molecular weight is 2420 g/mol. The number of aromatic nitrogens is 8. The minimum atomic E-state index is -1.07. The Morgan fingerprint density at radius 1 is 0.459 bits per heavy atom. The summed E-state index contributed by atoms with van der Waals surface area (Å²) >= 11 is 19.5. The maximum absolute atomic E-state index is 14.4. The number of nitrogens with one attached hydrogen (secondary N) is 5. The highest BCUT2D eigenvalue weighted by atomic mass is 79.9. The number of esters is 3. The van der Waals surface area contributed by atoms with Crippen molar-refractivity contribution in [1.82, 2.24) is 70.6 Å². The summed E-state index contributed by atoms with van der Waals surface area (Å²) in [5, 5.41) is 39.5. The molecule has 6 N–H and O–H groups in total. The van der Waals surface area contributed by atoms with Crippen LogP contribution >= 0.6 is 95.6 Å². The summed E-state index contributed by atoms with van der Waals surface area (Å²) in [7, 11) is 0. The van der Waals surface area contributed by atoms with Crippen LogP contribution < -0.4 is 38.2 Å². The van der Waals surface area contributed by atoms with Gasteiger partial charge < -0.3 is 64.2 Å². The number of carbonyl (C=O) groups excluding carboxylic acids is 12. The number of aliphatic hydroxyl groups excluding tert-OH is 1. The third kappa shape index (κ3) is 31.4. The molecule has 15 atom stereocenters. The molecule has 3 aliphatic carbocycles. The summed E-state index contributed by atoms with van der Waals surface area (Å²) in [6.45, 7) is 48.7. The molecular weight excluding hydrogens is 2280 g/mol. The van der Waals surface area contributed by atoms with Crippen LogP contribution in [0.2, 0.25) is 0 Å². The molecule has 7 heterocycles. The van der Waals surface area contributed by atoms with Crippen LogP contribution in [0.1, 0.15) is 215 Å². The van der Waals surface area contributed by atoms with Crippen molar-refractivity contribution in [1.29, 1.82) is 0 Å². The van der Waals surface area contributed by atoms with Gasteiger partial charge in [0.1, 0.15) is 50.8 Å². The van der Waals surface area contributed by atoms with Gasteiger partial charge in [-0.25, -0.2) is 33.9 Å². The Hall–Kier alpha value is -10.3. The maximum atomic E-state index is 14.4. The van der Waals surface area contributed by atoms with Crippen molar-refractivity contribution in [2.75, 3.05) is 39.5 Å². The fourth-order valence-corrected chi connectivity index (χ4v) is 19.5. The summed E-state index contributed by atoms with van der Waals surface area (Å²) in [5.74, 6) is -4.45. The van der Waals surface area contributed by atoms with Crippen molar-refractivity contribution in [3.63, 3.8) is 0 Å². The highest BCUT2D eigenvalue weighted by molar-refractivity contribution is 9.13. The lowest BCUT2D eigenvalue weighted by Crippen LogP contribution is -2.57. The van der Waals surface area contributed by atoms with E-state index in [1.54, 1.807) is 164 Å². The highest BCUT2D eigenvalue weighted by Gasteiger charge is 2.65. The highest BCUT2D eigenvalue weighted by Crippen LogP contribution is 2.60. The minimum Gasteiger partial charge on any atom is -0.466 e. The molecule has 3 saturated carbocycles. The number of rotatable bonds is 28. The zero-order valence-electron chi connectivity index (χ0n) is 86.2. The van der Waals surface area contributed by atoms with Crippen LogP contribution in [0.5, 0.6) is 0 Å². The molecule has 6 fully saturated rings. The topological polar surface area (TPSA) is 488 Å². The molecule has 0 radical (unpaired) electrons. The number of β-amino-alcohol motifs (C(OH)–C–C–N with tert-alkyl or cyclic N) is 1. The van der Waals surface area contributed by atoms with Crippen LogP contribution in [0.25, 0.3) is 22.5 Å². The Morgan fingerprint density at radius 2 is 0.801 bits per heavy atom. The van der Waals surface area contributed by atoms with Gasteiger partial charge in [-0.3, -0.25) is 62.3 Å². The number of hydrogen-bond donors (Lipinski definition) is 6. The van der Waals surface area contributed by atoms with Gasteiger partial charge in [0, 0.05) is 68.6 Å². The second kappa shape index (κ2) is 49.9. The van der Waals surface area contributed by atoms with Crippen molar-refractivity contribution >= 4 is 167 Å². The fourth-order valence-electron chi connectivity index (χ4n) is 17.5. The molecule has 6 amide bonds. The molecule has 796 valence electrons. The van der Waals surface area contributed by atoms with Gasteiger partial charge in [-0.2, -0.15) is 20.4 Å². The van der Waals surface area contributed by atoms with Gasteiger partial charge in [-0.05, 0) is 245 Å². The van der Waals surface area contributed by atoms with E-state index in [0.29, 0.717) is 47.3 Å². The van der Waals surface area contributed by atoms with E-state index in [1.165, 1.54) is 48.6 Å². The number of alkyl carbamates (subject to hydrolysis) is 3. The van der Waals surface area contributed by atoms with Crippen LogP contribution in [0.4, 0.5) is 14.4 Å². The van der Waals surface area contributed by atoms with Crippen LogP contribution in [0.15, 0.2) is 169 Å². The quantitative estimate of drug-likeness (QED) is 0.0151. The lowest BCUT2D eigenvalue weighted by molar-refractivity contribution is -0.153. The van der Waals surface area contributed by atoms with Gasteiger partial charge in [-0.1, -0.05) is 141 Å². The van der Waals surface area contributed by atoms with Gasteiger partial charge in [0.2, 0.25) is 17.7 Å². The molecule has 146 heavy (non-hydrogen) atoms. The average Bonchev–Trinajstić information content (AvgIpc) is 1.58. The molecule has 4 aromatic heterocycles. The predicted octanol–water partition coefficient (Wildman–Crippen LogP) is 16.1. The molecule has 37 nitrogen and oxygen atoms in total. The molecule has 12 rings (SSSR count). The number of benzene rings is 2. The normalized spacial score (nSPS) is 22.4. The number of hydrogen-bond acceptors (Lipinski definition) is 27. The summed E-state index contributed by atoms with van der Waals surface area (Å²) in [6.07, 6.45) is 5.96. The van der Waals surface area contributed by atoms with Crippen molar-refractivity contribution in [3.8, 4) is 22.5 Å². The van der Waals surface area contributed by atoms with Crippen LogP contribution in [-0.4, -0.2) is 230 Å². The third-order valence-corrected chi connectivity index (χ3v) is 30.0. The Balaban J connectivity index is 0.000000241. The first-order valence-corrected chi connectivity index (χ1v) is 52.6. The number of carbonyl (C=O) groups is 12. The van der Waals surface area contributed by atoms with Crippen molar-refractivity contribution in [3.05, 3.63) is 191 Å². The molecule has 6 aromatic rings. The van der Waals surface area contributed by atoms with E-state index in [2.05, 4.69) is 162 Å². The molecule has 2 aromatic carbocycles. The number of ether oxygens (including phenoxy) is 6. The molecule has 6 aliphatic rings. The standard InChI is InChI=1S/C35H45BrN4O7.C29H40Br2N4O7.C25H40N2O7.C10H7BrN2O.C4H2Br2N2O/c1-9-22-18-35(22,31(44)46-10-2)19-26(41)25-16-23(40-27(42)17-24(36)28(38-40)21-14-12-11-13-15-21)20-39(25)30(43)29(33(3,4)5)37-32(45)47-34(6,7)8;1-9-16-12-29(16,25(39)41-10-2)13-20(36)19-11-17(35-23(37)21(31)18(30)14-32-35)15-34(19)24(38)22(27(3,4)5)33-26(40)42-28(6,7)8;1-9-15-12-25(15,21(31)33-10-2)13-18(29)17-11-16(28)14-27(17)20(30)19(23(3,4)5)26-22(32)34-24(6,7)8;11-8-6-9(14)12-13-10(8)7-4-2-1-3-5-7;5-2-1-7-8-4(9)3(2)6/h9,11-15,17,22-23,25,29H,1,10,16,18-20H2,2-8H3,(H,37,45);9,14,16-17,19,22H,1,10-13,15H2,2-8H3,(H,33,40);9,15-17,19,28H,1,10-14H2,2-8H3,(H,26,32);1-6H,(H,12,14);1H,(H,8,9)/t22-,23-,25+,29-,35-;16-,17-,19+,22-,29-;15-,16+,17+,19-,25-;;/m111../s1. The molecule has 0 unspecified atom stereocenters. The molecule has 0 spiro atoms. The zero-order valence-corrected chi connectivity index (χ0v) is 95.7. The number of ketones is 3. The van der Waals surface area contributed by atoms with Gasteiger partial charge in [0.25, 0.3) is 22.2 Å². The number of likely N-dealkylation sites (tertiary alicyclic amines) is 3. The van der Waals surface area contributed by atoms with Crippen LogP contribution in [-0.2, 0) is 71.6 Å². The first-order chi connectivity index (χ1) is 67.8. The van der Waals surface area contributed by atoms with E-state index in [9.17, 15) is 81.8 Å². The van der Waals surface area contributed by atoms with Gasteiger partial charge in [0.05, 0.1) is 107 Å². The number of amides is 6. The van der Waals surface area contributed by atoms with Gasteiger partial charge in [0.15, 0.2) is 17.3 Å². The number of Topliss-reactive ketones (excluding diaryl/α,β-unsaturated/α-hetero) is 3. The number of halogens is 6. The van der Waals surface area contributed by atoms with E-state index in [-0.39, 0.29) is 129 Å². The number of allylic oxidation sites excluding steroid dienone is 3. The van der Waals surface area contributed by atoms with E-state index in [1.807, 2.05) is 60.7 Å². The Morgan fingerprint density at radius 3 is 1.13 bits per heavy atom. The smallest absolute Gasteiger partial charge is 0.408 e. The molecule has 3 saturated heterocycles. The maximum Gasteiger partial charge on any atom is 0.408 e.